The molecule has 0 aromatic rings. The van der Waals surface area contributed by atoms with Gasteiger partial charge in [-0.3, -0.25) is 9.59 Å². The zero-order valence-electron chi connectivity index (χ0n) is 16.0. The van der Waals surface area contributed by atoms with Crippen LogP contribution < -0.4 is 16.4 Å². The second-order valence-corrected chi connectivity index (χ2v) is 7.81. The highest BCUT2D eigenvalue weighted by molar-refractivity contribution is 5.90. The maximum atomic E-state index is 12.5. The van der Waals surface area contributed by atoms with Gasteiger partial charge < -0.3 is 21.2 Å². The molecule has 2 amide bonds. The number of nitrogens with one attached hydrogen (secondary N) is 2. The Balaban J connectivity index is 4.88. The van der Waals surface area contributed by atoms with Crippen molar-refractivity contribution in [3.05, 3.63) is 0 Å². The van der Waals surface area contributed by atoms with E-state index in [-0.39, 0.29) is 23.7 Å². The van der Waals surface area contributed by atoms with Gasteiger partial charge in [-0.2, -0.15) is 0 Å². The summed E-state index contributed by atoms with van der Waals surface area (Å²) in [6.07, 6.45) is 2.38. The maximum absolute atomic E-state index is 12.5. The van der Waals surface area contributed by atoms with Crippen molar-refractivity contribution in [2.24, 2.45) is 23.5 Å². The smallest absolute Gasteiger partial charge is 0.243 e. The monoisotopic (exact) mass is 341 g/mol. The van der Waals surface area contributed by atoms with E-state index in [4.69, 9.17) is 5.73 Å². The summed E-state index contributed by atoms with van der Waals surface area (Å²) in [5, 5.41) is 5.47. The van der Waals surface area contributed by atoms with E-state index in [9.17, 15) is 14.4 Å². The Morgan fingerprint density at radius 1 is 0.833 bits per heavy atom. The van der Waals surface area contributed by atoms with E-state index in [1.807, 2.05) is 41.5 Å². The molecule has 0 spiro atoms. The van der Waals surface area contributed by atoms with Crippen LogP contribution >= 0.6 is 0 Å². The first-order valence-corrected chi connectivity index (χ1v) is 8.88. The highest BCUT2D eigenvalue weighted by Crippen LogP contribution is 2.09. The normalized spacial score (nSPS) is 15.2. The molecular weight excluding hydrogens is 306 g/mol. The molecule has 6 nitrogen and oxygen atoms in total. The summed E-state index contributed by atoms with van der Waals surface area (Å²) in [5.41, 5.74) is 5.89. The molecule has 0 heterocycles. The molecule has 24 heavy (non-hydrogen) atoms. The average molecular weight is 341 g/mol. The molecule has 0 saturated carbocycles. The number of nitrogens with two attached hydrogens (primary N) is 1. The summed E-state index contributed by atoms with van der Waals surface area (Å²) < 4.78 is 0. The molecule has 3 unspecified atom stereocenters. The Hall–Kier alpha value is -1.43. The summed E-state index contributed by atoms with van der Waals surface area (Å²) >= 11 is 0. The van der Waals surface area contributed by atoms with Gasteiger partial charge in [0.1, 0.15) is 12.3 Å². The molecule has 6 heteroatoms. The number of amides is 2. The number of carbonyl (C=O) groups excluding carboxylic acids is 3. The zero-order valence-corrected chi connectivity index (χ0v) is 16.0. The van der Waals surface area contributed by atoms with Crippen LogP contribution in [0.4, 0.5) is 0 Å². The van der Waals surface area contributed by atoms with E-state index in [0.29, 0.717) is 25.2 Å². The molecular formula is C18H35N3O3. The van der Waals surface area contributed by atoms with Crippen molar-refractivity contribution in [3.8, 4) is 0 Å². The molecule has 0 rings (SSSR count). The van der Waals surface area contributed by atoms with Crippen LogP contribution in [0.3, 0.4) is 0 Å². The van der Waals surface area contributed by atoms with Crippen LogP contribution in [0.1, 0.15) is 60.8 Å². The summed E-state index contributed by atoms with van der Waals surface area (Å²) in [5.74, 6) is 0.163. The van der Waals surface area contributed by atoms with E-state index in [0.717, 1.165) is 6.29 Å². The number of hydrogen-bond donors (Lipinski definition) is 3. The summed E-state index contributed by atoms with van der Waals surface area (Å²) in [4.78, 5) is 35.9. The van der Waals surface area contributed by atoms with Gasteiger partial charge >= 0.3 is 0 Å². The largest absolute Gasteiger partial charge is 0.345 e. The predicted octanol–water partition coefficient (Wildman–Crippen LogP) is 1.62. The van der Waals surface area contributed by atoms with E-state index >= 15 is 0 Å². The third-order valence-electron chi connectivity index (χ3n) is 3.62. The fourth-order valence-corrected chi connectivity index (χ4v) is 2.54. The highest BCUT2D eigenvalue weighted by atomic mass is 16.2. The van der Waals surface area contributed by atoms with Crippen LogP contribution in [0, 0.1) is 17.8 Å². The summed E-state index contributed by atoms with van der Waals surface area (Å²) in [7, 11) is 0. The van der Waals surface area contributed by atoms with Gasteiger partial charge in [-0.05, 0) is 37.0 Å². The molecule has 0 aliphatic heterocycles. The lowest BCUT2D eigenvalue weighted by atomic mass is 9.99. The number of hydrogen-bond acceptors (Lipinski definition) is 4. The molecule has 0 radical (unpaired) electrons. The maximum Gasteiger partial charge on any atom is 0.243 e. The van der Waals surface area contributed by atoms with Gasteiger partial charge in [0.2, 0.25) is 11.8 Å². The molecule has 0 aliphatic rings. The molecule has 0 fully saturated rings. The number of aldehydes is 1. The standard InChI is InChI=1S/C18H35N3O3/c1-11(2)7-14(10-22)20-18(24)16(9-13(5)6)21-17(23)15(19)8-12(3)4/h10-16H,7-9,19H2,1-6H3,(H,20,24)(H,21,23). The van der Waals surface area contributed by atoms with Crippen molar-refractivity contribution in [1.29, 1.82) is 0 Å². The van der Waals surface area contributed by atoms with Crippen molar-refractivity contribution in [1.82, 2.24) is 10.6 Å². The van der Waals surface area contributed by atoms with Gasteiger partial charge in [-0.25, -0.2) is 0 Å². The Morgan fingerprint density at radius 3 is 1.75 bits per heavy atom. The van der Waals surface area contributed by atoms with Crippen molar-refractivity contribution in [2.75, 3.05) is 0 Å². The fraction of sp³-hybridized carbons (Fsp3) is 0.833. The minimum absolute atomic E-state index is 0.224. The topological polar surface area (TPSA) is 101 Å². The molecule has 3 atom stereocenters. The lowest BCUT2D eigenvalue weighted by Gasteiger charge is -2.24. The van der Waals surface area contributed by atoms with Crippen LogP contribution in [0.25, 0.3) is 0 Å². The molecule has 140 valence electrons. The minimum atomic E-state index is -0.676. The van der Waals surface area contributed by atoms with Crippen molar-refractivity contribution in [3.63, 3.8) is 0 Å². The predicted molar refractivity (Wildman–Crippen MR) is 96.3 cm³/mol. The lowest BCUT2D eigenvalue weighted by molar-refractivity contribution is -0.131. The number of rotatable bonds is 11. The van der Waals surface area contributed by atoms with Gasteiger partial charge in [-0.15, -0.1) is 0 Å². The third-order valence-corrected chi connectivity index (χ3v) is 3.62. The quantitative estimate of drug-likeness (QED) is 0.497. The molecule has 0 aliphatic carbocycles. The van der Waals surface area contributed by atoms with Gasteiger partial charge in [0.25, 0.3) is 0 Å². The summed E-state index contributed by atoms with van der Waals surface area (Å²) in [6.45, 7) is 11.9. The Labute approximate surface area is 146 Å². The first kappa shape index (κ1) is 22.6. The third kappa shape index (κ3) is 9.65. The van der Waals surface area contributed by atoms with Crippen molar-refractivity contribution in [2.45, 2.75) is 78.9 Å². The Morgan fingerprint density at radius 2 is 1.33 bits per heavy atom. The van der Waals surface area contributed by atoms with Gasteiger partial charge in [0.15, 0.2) is 0 Å². The minimum Gasteiger partial charge on any atom is -0.345 e. The second-order valence-electron chi connectivity index (χ2n) is 7.81. The van der Waals surface area contributed by atoms with E-state index < -0.39 is 18.1 Å². The lowest BCUT2D eigenvalue weighted by Crippen LogP contribution is -2.54. The average Bonchev–Trinajstić information content (AvgIpc) is 2.43. The van der Waals surface area contributed by atoms with E-state index in [1.54, 1.807) is 0 Å². The van der Waals surface area contributed by atoms with Crippen LogP contribution in [0.2, 0.25) is 0 Å². The van der Waals surface area contributed by atoms with Gasteiger partial charge in [0.05, 0.1) is 12.1 Å². The Bertz CT molecular complexity index is 408. The molecule has 0 aromatic heterocycles. The van der Waals surface area contributed by atoms with E-state index in [2.05, 4.69) is 10.6 Å². The van der Waals surface area contributed by atoms with Crippen LogP contribution in [0.5, 0.6) is 0 Å². The van der Waals surface area contributed by atoms with E-state index in [1.165, 1.54) is 0 Å². The van der Waals surface area contributed by atoms with Gasteiger partial charge in [-0.1, -0.05) is 41.5 Å². The molecule has 0 bridgehead atoms. The molecule has 4 N–H and O–H groups in total. The fourth-order valence-electron chi connectivity index (χ4n) is 2.54. The second kappa shape index (κ2) is 11.2. The SMILES string of the molecule is CC(C)CC(C=O)NC(=O)C(CC(C)C)NC(=O)C(N)CC(C)C. The van der Waals surface area contributed by atoms with Crippen LogP contribution in [-0.4, -0.2) is 36.2 Å². The van der Waals surface area contributed by atoms with Crippen molar-refractivity contribution < 1.29 is 14.4 Å². The Kier molecular flexibility index (Phi) is 10.5. The zero-order chi connectivity index (χ0) is 18.9. The molecule has 0 aromatic carbocycles. The van der Waals surface area contributed by atoms with Crippen LogP contribution in [-0.2, 0) is 14.4 Å². The first-order chi connectivity index (χ1) is 11.1. The highest BCUT2D eigenvalue weighted by Gasteiger charge is 2.26. The number of carbonyl (C=O) groups is 3. The molecule has 0 saturated heterocycles. The van der Waals surface area contributed by atoms with Crippen molar-refractivity contribution >= 4 is 18.1 Å². The summed E-state index contributed by atoms with van der Waals surface area (Å²) in [6, 6.07) is -1.84. The first-order valence-electron chi connectivity index (χ1n) is 8.88. The van der Waals surface area contributed by atoms with Crippen LogP contribution in [0.15, 0.2) is 0 Å². The van der Waals surface area contributed by atoms with Gasteiger partial charge in [0, 0.05) is 0 Å².